The van der Waals surface area contributed by atoms with Crippen molar-refractivity contribution in [3.63, 3.8) is 0 Å². The Balaban J connectivity index is 1.88. The van der Waals surface area contributed by atoms with E-state index in [-0.39, 0.29) is 17.0 Å². The van der Waals surface area contributed by atoms with Crippen molar-refractivity contribution in [2.75, 3.05) is 0 Å². The largest absolute Gasteiger partial charge is 0.328 e. The van der Waals surface area contributed by atoms with Crippen LogP contribution in [0.3, 0.4) is 0 Å². The van der Waals surface area contributed by atoms with Crippen LogP contribution >= 0.6 is 22.7 Å². The molecule has 0 unspecified atom stereocenters. The van der Waals surface area contributed by atoms with Crippen molar-refractivity contribution < 1.29 is 4.79 Å². The molecule has 22 heavy (non-hydrogen) atoms. The average Bonchev–Trinajstić information content (AvgIpc) is 3.20. The third kappa shape index (κ3) is 3.35. The number of carbonyl (C=O) groups excluding carboxylic acids is 1. The van der Waals surface area contributed by atoms with Gasteiger partial charge in [-0.1, -0.05) is 12.1 Å². The van der Waals surface area contributed by atoms with Crippen molar-refractivity contribution in [3.05, 3.63) is 79.0 Å². The number of thiophene rings is 2. The van der Waals surface area contributed by atoms with Crippen LogP contribution in [0.25, 0.3) is 0 Å². The van der Waals surface area contributed by atoms with Gasteiger partial charge in [-0.2, -0.15) is 0 Å². The highest BCUT2D eigenvalue weighted by atomic mass is 32.1. The molecule has 1 N–H and O–H groups in total. The summed E-state index contributed by atoms with van der Waals surface area (Å²) in [5, 5.41) is 3.97. The van der Waals surface area contributed by atoms with Gasteiger partial charge in [0, 0.05) is 16.0 Å². The van der Waals surface area contributed by atoms with E-state index in [9.17, 15) is 9.59 Å². The smallest absolute Gasteiger partial charge is 0.260 e. The summed E-state index contributed by atoms with van der Waals surface area (Å²) in [5.74, 6) is -0.247. The van der Waals surface area contributed by atoms with Gasteiger partial charge in [-0.3, -0.25) is 9.59 Å². The van der Waals surface area contributed by atoms with Gasteiger partial charge in [0.1, 0.15) is 5.56 Å². The maximum absolute atomic E-state index is 12.7. The molecule has 0 spiro atoms. The number of aromatic amines is 1. The molecule has 3 aromatic heterocycles. The molecule has 3 heterocycles. The Bertz CT molecular complexity index is 755. The summed E-state index contributed by atoms with van der Waals surface area (Å²) in [7, 11) is 0. The molecule has 3 aromatic rings. The van der Waals surface area contributed by atoms with Gasteiger partial charge in [0.25, 0.3) is 11.5 Å². The van der Waals surface area contributed by atoms with E-state index in [1.54, 1.807) is 39.7 Å². The highest BCUT2D eigenvalue weighted by molar-refractivity contribution is 7.10. The molecule has 0 radical (unpaired) electrons. The van der Waals surface area contributed by atoms with E-state index in [0.29, 0.717) is 13.1 Å². The highest BCUT2D eigenvalue weighted by Crippen LogP contribution is 2.18. The van der Waals surface area contributed by atoms with Crippen molar-refractivity contribution in [2.45, 2.75) is 13.1 Å². The normalized spacial score (nSPS) is 10.5. The van der Waals surface area contributed by atoms with Gasteiger partial charge >= 0.3 is 0 Å². The summed E-state index contributed by atoms with van der Waals surface area (Å²) < 4.78 is 0. The molecule has 0 saturated heterocycles. The maximum atomic E-state index is 12.7. The molecular weight excluding hydrogens is 316 g/mol. The molecule has 0 aliphatic heterocycles. The van der Waals surface area contributed by atoms with Crippen LogP contribution < -0.4 is 5.56 Å². The summed E-state index contributed by atoms with van der Waals surface area (Å²) in [6.07, 6.45) is 1.53. The summed E-state index contributed by atoms with van der Waals surface area (Å²) in [6, 6.07) is 11.1. The predicted octanol–water partition coefficient (Wildman–Crippen LogP) is 3.34. The van der Waals surface area contributed by atoms with Crippen LogP contribution in [0.1, 0.15) is 20.1 Å². The second-order valence-electron chi connectivity index (χ2n) is 4.73. The number of aromatic nitrogens is 1. The van der Waals surface area contributed by atoms with Crippen LogP contribution in [0, 0.1) is 0 Å². The molecular formula is C16H14N2O2S2. The van der Waals surface area contributed by atoms with E-state index >= 15 is 0 Å². The van der Waals surface area contributed by atoms with Crippen LogP contribution in [0.4, 0.5) is 0 Å². The minimum Gasteiger partial charge on any atom is -0.328 e. The molecule has 0 fully saturated rings. The summed E-state index contributed by atoms with van der Waals surface area (Å²) in [6.45, 7) is 1.01. The van der Waals surface area contributed by atoms with Crippen molar-refractivity contribution in [3.8, 4) is 0 Å². The Morgan fingerprint density at radius 2 is 1.64 bits per heavy atom. The lowest BCUT2D eigenvalue weighted by Crippen LogP contribution is -2.33. The van der Waals surface area contributed by atoms with Gasteiger partial charge in [-0.25, -0.2) is 0 Å². The fourth-order valence-corrected chi connectivity index (χ4v) is 3.58. The lowest BCUT2D eigenvalue weighted by Gasteiger charge is -2.21. The van der Waals surface area contributed by atoms with E-state index < -0.39 is 0 Å². The minimum atomic E-state index is -0.352. The Labute approximate surface area is 135 Å². The number of H-pyrrole nitrogens is 1. The van der Waals surface area contributed by atoms with Crippen molar-refractivity contribution in [2.24, 2.45) is 0 Å². The molecule has 3 rings (SSSR count). The van der Waals surface area contributed by atoms with Gasteiger partial charge in [0.2, 0.25) is 0 Å². The van der Waals surface area contributed by atoms with E-state index in [0.717, 1.165) is 9.75 Å². The molecule has 0 aliphatic rings. The topological polar surface area (TPSA) is 53.2 Å². The summed E-state index contributed by atoms with van der Waals surface area (Å²) in [5.41, 5.74) is -0.175. The van der Waals surface area contributed by atoms with Gasteiger partial charge in [-0.05, 0) is 35.0 Å². The van der Waals surface area contributed by atoms with Crippen LogP contribution in [0.15, 0.2) is 58.1 Å². The first-order valence-corrected chi connectivity index (χ1v) is 8.52. The zero-order valence-electron chi connectivity index (χ0n) is 11.7. The molecule has 6 heteroatoms. The second-order valence-corrected chi connectivity index (χ2v) is 6.80. The number of nitrogens with one attached hydrogen (secondary N) is 1. The SMILES string of the molecule is O=C(c1ccc[nH]c1=O)N(Cc1cccs1)Cc1cccs1. The predicted molar refractivity (Wildman–Crippen MR) is 89.3 cm³/mol. The highest BCUT2D eigenvalue weighted by Gasteiger charge is 2.19. The van der Waals surface area contributed by atoms with Crippen molar-refractivity contribution >= 4 is 28.6 Å². The summed E-state index contributed by atoms with van der Waals surface area (Å²) >= 11 is 3.21. The molecule has 0 aromatic carbocycles. The monoisotopic (exact) mass is 330 g/mol. The number of rotatable bonds is 5. The molecule has 4 nitrogen and oxygen atoms in total. The zero-order chi connectivity index (χ0) is 15.4. The molecule has 0 bridgehead atoms. The number of carbonyl (C=O) groups is 1. The Kier molecular flexibility index (Phi) is 4.50. The minimum absolute atomic E-state index is 0.176. The van der Waals surface area contributed by atoms with Gasteiger partial charge in [0.05, 0.1) is 13.1 Å². The van der Waals surface area contributed by atoms with Crippen molar-refractivity contribution in [1.82, 2.24) is 9.88 Å². The number of hydrogen-bond donors (Lipinski definition) is 1. The van der Waals surface area contributed by atoms with Crippen LogP contribution in [-0.4, -0.2) is 15.8 Å². The Morgan fingerprint density at radius 1 is 1.00 bits per heavy atom. The Hall–Kier alpha value is -2.18. The lowest BCUT2D eigenvalue weighted by molar-refractivity contribution is 0.0731. The van der Waals surface area contributed by atoms with Crippen LogP contribution in [-0.2, 0) is 13.1 Å². The molecule has 0 atom stereocenters. The molecule has 1 amide bonds. The third-order valence-electron chi connectivity index (χ3n) is 3.19. The van der Waals surface area contributed by atoms with E-state index in [1.165, 1.54) is 6.20 Å². The Morgan fingerprint density at radius 3 is 2.14 bits per heavy atom. The van der Waals surface area contributed by atoms with Crippen LogP contribution in [0.2, 0.25) is 0 Å². The number of amides is 1. The van der Waals surface area contributed by atoms with Gasteiger partial charge in [0.15, 0.2) is 0 Å². The lowest BCUT2D eigenvalue weighted by atomic mass is 10.2. The first kappa shape index (κ1) is 14.7. The zero-order valence-corrected chi connectivity index (χ0v) is 13.3. The summed E-state index contributed by atoms with van der Waals surface area (Å²) in [4.78, 5) is 31.1. The van der Waals surface area contributed by atoms with Gasteiger partial charge in [-0.15, -0.1) is 22.7 Å². The first-order valence-electron chi connectivity index (χ1n) is 6.76. The average molecular weight is 330 g/mol. The van der Waals surface area contributed by atoms with E-state index in [2.05, 4.69) is 4.98 Å². The maximum Gasteiger partial charge on any atom is 0.260 e. The standard InChI is InChI=1S/C16H14N2O2S2/c19-15-14(6-1-7-17-15)16(20)18(10-12-4-2-8-21-12)11-13-5-3-9-22-13/h1-9H,10-11H2,(H,17,19). The van der Waals surface area contributed by atoms with Crippen molar-refractivity contribution in [1.29, 1.82) is 0 Å². The van der Waals surface area contributed by atoms with E-state index in [4.69, 9.17) is 0 Å². The molecule has 0 saturated carbocycles. The van der Waals surface area contributed by atoms with Crippen LogP contribution in [0.5, 0.6) is 0 Å². The van der Waals surface area contributed by atoms with E-state index in [1.807, 2.05) is 35.0 Å². The quantitative estimate of drug-likeness (QED) is 0.780. The van der Waals surface area contributed by atoms with Gasteiger partial charge < -0.3 is 9.88 Å². The third-order valence-corrected chi connectivity index (χ3v) is 4.91. The fourth-order valence-electron chi connectivity index (χ4n) is 2.14. The molecule has 0 aliphatic carbocycles. The molecule has 112 valence electrons. The first-order chi connectivity index (χ1) is 10.7. The fraction of sp³-hybridized carbons (Fsp3) is 0.125. The second kappa shape index (κ2) is 6.72. The number of nitrogens with zero attached hydrogens (tertiary/aromatic N) is 1. The number of pyridine rings is 1. The number of hydrogen-bond acceptors (Lipinski definition) is 4.